The number of halogens is 1. The molecule has 0 bridgehead atoms. The summed E-state index contributed by atoms with van der Waals surface area (Å²) in [4.78, 5) is 11.0. The number of aromatic carboxylic acids is 1. The zero-order valence-corrected chi connectivity index (χ0v) is 11.5. The molecule has 1 rings (SSSR count). The molecule has 1 atom stereocenters. The molecule has 19 heavy (non-hydrogen) atoms. The predicted molar refractivity (Wildman–Crippen MR) is 70.6 cm³/mol. The van der Waals surface area contributed by atoms with Crippen molar-refractivity contribution in [2.24, 2.45) is 0 Å². The molecule has 0 aromatic heterocycles. The maximum Gasteiger partial charge on any atom is 0.337 e. The lowest BCUT2D eigenvalue weighted by Gasteiger charge is -2.14. The molecule has 0 aliphatic carbocycles. The normalized spacial score (nSPS) is 12.5. The van der Waals surface area contributed by atoms with Crippen LogP contribution >= 0.6 is 11.6 Å². The molecule has 102 valence electrons. The van der Waals surface area contributed by atoms with E-state index in [2.05, 4.69) is 4.72 Å². The number of hydrogen-bond donors (Lipinski definition) is 2. The molecule has 1 aromatic rings. The summed E-state index contributed by atoms with van der Waals surface area (Å²) < 4.78 is 25.9. The molecule has 0 saturated heterocycles. The van der Waals surface area contributed by atoms with Crippen LogP contribution in [0, 0.1) is 11.3 Å². The van der Waals surface area contributed by atoms with E-state index in [0.717, 1.165) is 0 Å². The molecule has 0 aliphatic heterocycles. The van der Waals surface area contributed by atoms with Crippen molar-refractivity contribution in [3.63, 3.8) is 0 Å². The van der Waals surface area contributed by atoms with Gasteiger partial charge in [0.1, 0.15) is 0 Å². The number of carboxylic acid groups (broad SMARTS) is 1. The molecular formula is C11H11ClN2O4S. The average Bonchev–Trinajstić information content (AvgIpc) is 2.32. The van der Waals surface area contributed by atoms with Gasteiger partial charge in [-0.2, -0.15) is 5.26 Å². The lowest BCUT2D eigenvalue weighted by molar-refractivity contribution is 0.0698. The van der Waals surface area contributed by atoms with Gasteiger partial charge in [0.2, 0.25) is 10.0 Å². The highest BCUT2D eigenvalue weighted by Crippen LogP contribution is 2.28. The highest BCUT2D eigenvalue weighted by molar-refractivity contribution is 7.93. The molecule has 8 heteroatoms. The van der Waals surface area contributed by atoms with Gasteiger partial charge in [-0.15, -0.1) is 0 Å². The molecule has 0 spiro atoms. The number of nitrogens with one attached hydrogen (secondary N) is 1. The number of benzene rings is 1. The summed E-state index contributed by atoms with van der Waals surface area (Å²) in [6.07, 6.45) is 0.0820. The van der Waals surface area contributed by atoms with E-state index < -0.39 is 21.2 Å². The van der Waals surface area contributed by atoms with Crippen LogP contribution in [0.5, 0.6) is 0 Å². The second-order valence-corrected chi connectivity index (χ2v) is 5.91. The van der Waals surface area contributed by atoms with E-state index in [-0.39, 0.29) is 22.7 Å². The van der Waals surface area contributed by atoms with Crippen molar-refractivity contribution in [2.75, 3.05) is 4.72 Å². The lowest BCUT2D eigenvalue weighted by Crippen LogP contribution is -2.27. The van der Waals surface area contributed by atoms with E-state index in [1.54, 1.807) is 6.07 Å². The molecule has 0 saturated carbocycles. The van der Waals surface area contributed by atoms with Crippen LogP contribution in [0.1, 0.15) is 23.7 Å². The Kier molecular flexibility index (Phi) is 4.75. The monoisotopic (exact) mass is 302 g/mol. The Balaban J connectivity index is 3.28. The molecule has 1 unspecified atom stereocenters. The third-order valence-corrected chi connectivity index (χ3v) is 4.37. The Hall–Kier alpha value is -1.78. The van der Waals surface area contributed by atoms with Crippen molar-refractivity contribution in [1.82, 2.24) is 0 Å². The quantitative estimate of drug-likeness (QED) is 0.866. The molecule has 1 aromatic carbocycles. The van der Waals surface area contributed by atoms with Crippen LogP contribution in [0.25, 0.3) is 0 Å². The third kappa shape index (κ3) is 3.36. The average molecular weight is 303 g/mol. The third-order valence-electron chi connectivity index (χ3n) is 2.38. The van der Waals surface area contributed by atoms with E-state index in [0.29, 0.717) is 0 Å². The van der Waals surface area contributed by atoms with E-state index in [4.69, 9.17) is 22.0 Å². The van der Waals surface area contributed by atoms with E-state index in [1.165, 1.54) is 25.1 Å². The molecule has 0 radical (unpaired) electrons. The van der Waals surface area contributed by atoms with Gasteiger partial charge in [0, 0.05) is 0 Å². The summed E-state index contributed by atoms with van der Waals surface area (Å²) >= 11 is 5.80. The number of anilines is 1. The number of nitrogens with zero attached hydrogens (tertiary/aromatic N) is 1. The SMILES string of the molecule is CCC(C#N)S(=O)(=O)Nc1c(Cl)cccc1C(=O)O. The van der Waals surface area contributed by atoms with Crippen LogP contribution in [0.2, 0.25) is 5.02 Å². The first kappa shape index (κ1) is 15.3. The molecular weight excluding hydrogens is 292 g/mol. The Morgan fingerprint density at radius 3 is 2.68 bits per heavy atom. The molecule has 0 amide bonds. The summed E-state index contributed by atoms with van der Waals surface area (Å²) in [5.41, 5.74) is -0.505. The van der Waals surface area contributed by atoms with E-state index in [1.807, 2.05) is 0 Å². The van der Waals surface area contributed by atoms with Crippen LogP contribution in [0.3, 0.4) is 0 Å². The van der Waals surface area contributed by atoms with Crippen LogP contribution in [-0.4, -0.2) is 24.7 Å². The Morgan fingerprint density at radius 2 is 2.21 bits per heavy atom. The van der Waals surface area contributed by atoms with Gasteiger partial charge >= 0.3 is 5.97 Å². The first-order valence-corrected chi connectivity index (χ1v) is 7.19. The second-order valence-electron chi connectivity index (χ2n) is 3.64. The van der Waals surface area contributed by atoms with Gasteiger partial charge in [-0.05, 0) is 18.6 Å². The highest BCUT2D eigenvalue weighted by Gasteiger charge is 2.26. The van der Waals surface area contributed by atoms with Crippen molar-refractivity contribution >= 4 is 33.3 Å². The number of hydrogen-bond acceptors (Lipinski definition) is 4. The summed E-state index contributed by atoms with van der Waals surface area (Å²) in [6, 6.07) is 5.62. The highest BCUT2D eigenvalue weighted by atomic mass is 35.5. The van der Waals surface area contributed by atoms with Gasteiger partial charge in [0.25, 0.3) is 0 Å². The largest absolute Gasteiger partial charge is 0.478 e. The molecule has 2 N–H and O–H groups in total. The standard InChI is InChI=1S/C11H11ClN2O4S/c1-2-7(6-13)19(17,18)14-10-8(11(15)16)4-3-5-9(10)12/h3-5,7,14H,2H2,1H3,(H,15,16). The summed E-state index contributed by atoms with van der Waals surface area (Å²) in [7, 11) is -4.01. The fourth-order valence-electron chi connectivity index (χ4n) is 1.40. The second kappa shape index (κ2) is 5.91. The van der Waals surface area contributed by atoms with Crippen molar-refractivity contribution in [2.45, 2.75) is 18.6 Å². The lowest BCUT2D eigenvalue weighted by atomic mass is 10.2. The minimum atomic E-state index is -4.01. The fraction of sp³-hybridized carbons (Fsp3) is 0.273. The zero-order chi connectivity index (χ0) is 14.6. The minimum Gasteiger partial charge on any atom is -0.478 e. The molecule has 0 aliphatic rings. The van der Waals surface area contributed by atoms with Crippen molar-refractivity contribution in [3.05, 3.63) is 28.8 Å². The molecule has 0 fully saturated rings. The van der Waals surface area contributed by atoms with Crippen LogP contribution < -0.4 is 4.72 Å². The van der Waals surface area contributed by atoms with E-state index in [9.17, 15) is 13.2 Å². The number of para-hydroxylation sites is 1. The Bertz CT molecular complexity index is 637. The van der Waals surface area contributed by atoms with Crippen LogP contribution in [0.15, 0.2) is 18.2 Å². The summed E-state index contributed by atoms with van der Waals surface area (Å²) in [5, 5.41) is 16.4. The van der Waals surface area contributed by atoms with Crippen molar-refractivity contribution in [1.29, 1.82) is 5.26 Å². The van der Waals surface area contributed by atoms with Gasteiger partial charge in [0.15, 0.2) is 5.25 Å². The minimum absolute atomic E-state index is 0.0451. The first-order valence-electron chi connectivity index (χ1n) is 5.26. The molecule has 0 heterocycles. The molecule has 6 nitrogen and oxygen atoms in total. The number of nitriles is 1. The van der Waals surface area contributed by atoms with Gasteiger partial charge in [0.05, 0.1) is 22.3 Å². The number of rotatable bonds is 5. The topological polar surface area (TPSA) is 107 Å². The maximum absolute atomic E-state index is 11.9. The summed E-state index contributed by atoms with van der Waals surface area (Å²) in [6.45, 7) is 1.54. The predicted octanol–water partition coefficient (Wildman–Crippen LogP) is 2.08. The van der Waals surface area contributed by atoms with Gasteiger partial charge in [-0.3, -0.25) is 4.72 Å². The Morgan fingerprint density at radius 1 is 1.58 bits per heavy atom. The van der Waals surface area contributed by atoms with E-state index >= 15 is 0 Å². The zero-order valence-electron chi connectivity index (χ0n) is 9.92. The number of carboxylic acids is 1. The number of carbonyl (C=O) groups is 1. The maximum atomic E-state index is 11.9. The smallest absolute Gasteiger partial charge is 0.337 e. The van der Waals surface area contributed by atoms with Crippen molar-refractivity contribution in [3.8, 4) is 6.07 Å². The fourth-order valence-corrected chi connectivity index (χ4v) is 2.90. The van der Waals surface area contributed by atoms with Crippen molar-refractivity contribution < 1.29 is 18.3 Å². The van der Waals surface area contributed by atoms with Crippen LogP contribution in [0.4, 0.5) is 5.69 Å². The summed E-state index contributed by atoms with van der Waals surface area (Å²) in [5.74, 6) is -1.31. The Labute approximate surface area is 115 Å². The van der Waals surface area contributed by atoms with Gasteiger partial charge < -0.3 is 5.11 Å². The van der Waals surface area contributed by atoms with Gasteiger partial charge in [-0.25, -0.2) is 13.2 Å². The van der Waals surface area contributed by atoms with Crippen LogP contribution in [-0.2, 0) is 10.0 Å². The van der Waals surface area contributed by atoms with Gasteiger partial charge in [-0.1, -0.05) is 24.6 Å². The first-order chi connectivity index (χ1) is 8.83. The number of sulfonamides is 1.